The number of carboxylic acid groups (broad SMARTS) is 1. The number of hydrogen-bond donors (Lipinski definition) is 0. The number of aliphatic carboxylic acids is 1. The van der Waals surface area contributed by atoms with Gasteiger partial charge in [0.25, 0.3) is 0 Å². The molecule has 0 radical (unpaired) electrons. The van der Waals surface area contributed by atoms with Crippen LogP contribution in [0.5, 0.6) is 0 Å². The van der Waals surface area contributed by atoms with Gasteiger partial charge in [-0.25, -0.2) is 0 Å². The molecule has 438 valence electrons. The van der Waals surface area contributed by atoms with E-state index in [1.54, 1.807) is 0 Å². The lowest BCUT2D eigenvalue weighted by molar-refractivity contribution is -0.870. The molecule has 9 heteroatoms. The highest BCUT2D eigenvalue weighted by molar-refractivity contribution is 5.70. The topological polar surface area (TPSA) is 111 Å². The van der Waals surface area contributed by atoms with Crippen LogP contribution >= 0.6 is 0 Å². The zero-order valence-electron chi connectivity index (χ0n) is 49.9. The first-order valence-electron chi connectivity index (χ1n) is 31.8. The van der Waals surface area contributed by atoms with Crippen molar-refractivity contribution in [3.63, 3.8) is 0 Å². The van der Waals surface area contributed by atoms with Gasteiger partial charge in [-0.1, -0.05) is 281 Å². The highest BCUT2D eigenvalue weighted by atomic mass is 16.7. The van der Waals surface area contributed by atoms with E-state index in [2.05, 4.69) is 62.5 Å². The molecule has 2 atom stereocenters. The van der Waals surface area contributed by atoms with Crippen LogP contribution in [0.3, 0.4) is 0 Å². The van der Waals surface area contributed by atoms with Crippen LogP contribution in [0, 0.1) is 0 Å². The molecule has 0 aliphatic rings. The summed E-state index contributed by atoms with van der Waals surface area (Å²) in [4.78, 5) is 37.3. The van der Waals surface area contributed by atoms with E-state index in [0.717, 1.165) is 83.5 Å². The number of ether oxygens (including phenoxy) is 4. The van der Waals surface area contributed by atoms with Gasteiger partial charge >= 0.3 is 11.9 Å². The van der Waals surface area contributed by atoms with Gasteiger partial charge < -0.3 is 33.3 Å². The van der Waals surface area contributed by atoms with Crippen molar-refractivity contribution in [2.24, 2.45) is 0 Å². The van der Waals surface area contributed by atoms with Crippen LogP contribution in [0.4, 0.5) is 0 Å². The molecule has 0 rings (SSSR count). The maximum Gasteiger partial charge on any atom is 0.306 e. The Morgan fingerprint density at radius 3 is 1.13 bits per heavy atom. The van der Waals surface area contributed by atoms with E-state index in [-0.39, 0.29) is 32.2 Å². The van der Waals surface area contributed by atoms with Gasteiger partial charge in [-0.15, -0.1) is 0 Å². The summed E-state index contributed by atoms with van der Waals surface area (Å²) in [5, 5.41) is 11.8. The molecule has 0 aromatic heterocycles. The Kier molecular flexibility index (Phi) is 55.3. The van der Waals surface area contributed by atoms with E-state index in [0.29, 0.717) is 23.9 Å². The summed E-state index contributed by atoms with van der Waals surface area (Å²) in [6, 6.07) is 0. The van der Waals surface area contributed by atoms with Gasteiger partial charge in [-0.3, -0.25) is 9.59 Å². The normalized spacial score (nSPS) is 13.0. The molecule has 0 fully saturated rings. The number of hydrogen-bond acceptors (Lipinski definition) is 8. The van der Waals surface area contributed by atoms with Crippen LogP contribution in [-0.2, 0) is 33.3 Å². The highest BCUT2D eigenvalue weighted by Crippen LogP contribution is 2.18. The van der Waals surface area contributed by atoms with E-state index in [1.807, 2.05) is 21.1 Å². The van der Waals surface area contributed by atoms with Crippen molar-refractivity contribution in [3.8, 4) is 0 Å². The summed E-state index contributed by atoms with van der Waals surface area (Å²) >= 11 is 0. The van der Waals surface area contributed by atoms with Gasteiger partial charge in [0.05, 0.1) is 40.3 Å². The Balaban J connectivity index is 4.09. The largest absolute Gasteiger partial charge is 0.545 e. The molecule has 9 nitrogen and oxygen atoms in total. The van der Waals surface area contributed by atoms with Crippen molar-refractivity contribution in [1.29, 1.82) is 0 Å². The molecule has 0 amide bonds. The second kappa shape index (κ2) is 57.4. The fourth-order valence-corrected chi connectivity index (χ4v) is 9.24. The van der Waals surface area contributed by atoms with Crippen LogP contribution < -0.4 is 5.11 Å². The minimum absolute atomic E-state index is 0.145. The Labute approximate surface area is 463 Å². The van der Waals surface area contributed by atoms with Crippen LogP contribution in [0.1, 0.15) is 296 Å². The van der Waals surface area contributed by atoms with Crippen LogP contribution in [0.15, 0.2) is 48.6 Å². The highest BCUT2D eigenvalue weighted by Gasteiger charge is 2.22. The number of quaternary nitrogens is 1. The quantitative estimate of drug-likeness (QED) is 0.0195. The first kappa shape index (κ1) is 72.2. The van der Waals surface area contributed by atoms with E-state index in [1.165, 1.54) is 180 Å². The first-order chi connectivity index (χ1) is 36.6. The van der Waals surface area contributed by atoms with Crippen molar-refractivity contribution in [3.05, 3.63) is 48.6 Å². The number of rotatable bonds is 59. The number of carboxylic acids is 1. The summed E-state index contributed by atoms with van der Waals surface area (Å²) in [5.74, 6) is -2.29. The lowest BCUT2D eigenvalue weighted by Crippen LogP contribution is -2.44. The molecule has 0 spiro atoms. The fraction of sp³-hybridized carbons (Fsp3) is 0.833. The van der Waals surface area contributed by atoms with Crippen LogP contribution in [-0.4, -0.2) is 82.3 Å². The third kappa shape index (κ3) is 58.8. The number of unbranched alkanes of at least 4 members (excludes halogenated alkanes) is 36. The zero-order chi connectivity index (χ0) is 54.8. The molecule has 2 unspecified atom stereocenters. The van der Waals surface area contributed by atoms with Crippen molar-refractivity contribution < 1.29 is 42.9 Å². The molecule has 0 aliphatic heterocycles. The van der Waals surface area contributed by atoms with E-state index in [4.69, 9.17) is 18.9 Å². The second-order valence-corrected chi connectivity index (χ2v) is 22.7. The first-order valence-corrected chi connectivity index (χ1v) is 31.8. The van der Waals surface area contributed by atoms with Gasteiger partial charge in [-0.2, -0.15) is 0 Å². The van der Waals surface area contributed by atoms with E-state index >= 15 is 0 Å². The molecule has 0 saturated carbocycles. The molecule has 0 aromatic carbocycles. The van der Waals surface area contributed by atoms with Gasteiger partial charge in [0, 0.05) is 12.8 Å². The van der Waals surface area contributed by atoms with Crippen molar-refractivity contribution in [2.45, 2.75) is 309 Å². The summed E-state index contributed by atoms with van der Waals surface area (Å²) in [6.07, 6.45) is 69.0. The lowest BCUT2D eigenvalue weighted by atomic mass is 10.0. The zero-order valence-corrected chi connectivity index (χ0v) is 49.9. The van der Waals surface area contributed by atoms with Crippen LogP contribution in [0.25, 0.3) is 0 Å². The van der Waals surface area contributed by atoms with Crippen molar-refractivity contribution >= 4 is 17.9 Å². The molecule has 0 aromatic rings. The Morgan fingerprint density at radius 1 is 0.413 bits per heavy atom. The minimum Gasteiger partial charge on any atom is -0.545 e. The monoisotopic (exact) mass is 1060 g/mol. The van der Waals surface area contributed by atoms with Gasteiger partial charge in [0.2, 0.25) is 0 Å². The number of carbonyl (C=O) groups is 3. The standard InChI is InChI=1S/C66H121NO8/c1-6-8-10-12-14-16-18-20-22-24-26-27-28-29-30-31-32-33-34-35-36-37-39-40-42-44-46-48-50-52-54-56-63(68)73-60-62(61-74-66(65(70)71)72-59-58-67(3,4)5)75-64(69)57-55-53-51-49-47-45-43-41-38-25-23-21-19-17-15-13-11-9-7-2/h9,11,15,17,21,23,38,41,62,66H,6-8,10,12-14,16,18-20,22,24-37,39-40,42-61H2,1-5H3/b11-9-,17-15-,23-21-,41-38-. The predicted octanol–water partition coefficient (Wildman–Crippen LogP) is 17.7. The average Bonchev–Trinajstić information content (AvgIpc) is 3.38. The van der Waals surface area contributed by atoms with Gasteiger partial charge in [-0.05, 0) is 51.4 Å². The number of esters is 2. The number of allylic oxidation sites excluding steroid dienone is 8. The fourth-order valence-electron chi connectivity index (χ4n) is 9.24. The van der Waals surface area contributed by atoms with E-state index < -0.39 is 24.3 Å². The summed E-state index contributed by atoms with van der Waals surface area (Å²) in [7, 11) is 5.92. The molecular formula is C66H121NO8. The maximum absolute atomic E-state index is 12.9. The summed E-state index contributed by atoms with van der Waals surface area (Å²) < 4.78 is 22.7. The maximum atomic E-state index is 12.9. The Hall–Kier alpha value is -2.75. The average molecular weight is 1060 g/mol. The molecule has 75 heavy (non-hydrogen) atoms. The molecular weight excluding hydrogens is 935 g/mol. The molecule has 0 heterocycles. The predicted molar refractivity (Wildman–Crippen MR) is 315 cm³/mol. The summed E-state index contributed by atoms with van der Waals surface area (Å²) in [6.45, 7) is 4.66. The van der Waals surface area contributed by atoms with Gasteiger partial charge in [0.15, 0.2) is 12.4 Å². The third-order valence-corrected chi connectivity index (χ3v) is 14.1. The number of carbonyl (C=O) groups excluding carboxylic acids is 3. The third-order valence-electron chi connectivity index (χ3n) is 14.1. The summed E-state index contributed by atoms with van der Waals surface area (Å²) in [5.41, 5.74) is 0. The molecule has 0 N–H and O–H groups in total. The smallest absolute Gasteiger partial charge is 0.306 e. The van der Waals surface area contributed by atoms with Crippen molar-refractivity contribution in [1.82, 2.24) is 0 Å². The van der Waals surface area contributed by atoms with Crippen molar-refractivity contribution in [2.75, 3.05) is 47.5 Å². The Morgan fingerprint density at radius 2 is 0.760 bits per heavy atom. The lowest BCUT2D eigenvalue weighted by Gasteiger charge is -2.26. The second-order valence-electron chi connectivity index (χ2n) is 22.7. The molecule has 0 bridgehead atoms. The SMILES string of the molecule is CC/C=C\C/C=C\C/C=C\C/C=C\CCCCCCCCC(=O)OC(COC(=O)CCCCCCCCCCCCCCCCCCCCCCCCCCCCCCCCC)COC(OCC[N+](C)(C)C)C(=O)[O-]. The number of likely N-dealkylation sites (N-methyl/N-ethyl adjacent to an activating group) is 1. The number of nitrogens with zero attached hydrogens (tertiary/aromatic N) is 1. The van der Waals surface area contributed by atoms with Gasteiger partial charge in [0.1, 0.15) is 13.2 Å². The van der Waals surface area contributed by atoms with Crippen LogP contribution in [0.2, 0.25) is 0 Å². The molecule has 0 saturated heterocycles. The molecule has 0 aliphatic carbocycles. The minimum atomic E-state index is -1.63. The van der Waals surface area contributed by atoms with E-state index in [9.17, 15) is 19.5 Å². The Bertz CT molecular complexity index is 1370.